The number of piperidine rings is 1. The zero-order valence-electron chi connectivity index (χ0n) is 12.4. The summed E-state index contributed by atoms with van der Waals surface area (Å²) in [6.07, 6.45) is 2.54. The molecule has 1 aromatic carbocycles. The van der Waals surface area contributed by atoms with Crippen LogP contribution in [-0.2, 0) is 13.6 Å². The van der Waals surface area contributed by atoms with Crippen LogP contribution >= 0.6 is 0 Å². The highest BCUT2D eigenvalue weighted by Gasteiger charge is 2.23. The molecule has 3 heteroatoms. The smallest absolute Gasteiger partial charge is 0.0670 e. The molecule has 20 heavy (non-hydrogen) atoms. The summed E-state index contributed by atoms with van der Waals surface area (Å²) < 4.78 is 1.99. The normalized spacial score (nSPS) is 20.2. The van der Waals surface area contributed by atoms with Crippen LogP contribution in [0.3, 0.4) is 0 Å². The minimum absolute atomic E-state index is 0.590. The van der Waals surface area contributed by atoms with Crippen molar-refractivity contribution < 1.29 is 0 Å². The molecule has 0 bridgehead atoms. The van der Waals surface area contributed by atoms with Crippen LogP contribution < -0.4 is 0 Å². The molecule has 1 aromatic heterocycles. The number of aromatic nitrogens is 2. The van der Waals surface area contributed by atoms with Crippen molar-refractivity contribution in [1.29, 1.82) is 0 Å². The summed E-state index contributed by atoms with van der Waals surface area (Å²) >= 11 is 0. The van der Waals surface area contributed by atoms with Crippen LogP contribution in [0, 0.1) is 6.92 Å². The third-order valence-electron chi connectivity index (χ3n) is 4.31. The maximum Gasteiger partial charge on any atom is 0.0670 e. The Morgan fingerprint density at radius 1 is 1.25 bits per heavy atom. The summed E-state index contributed by atoms with van der Waals surface area (Å²) in [6.45, 7) is 5.52. The van der Waals surface area contributed by atoms with Crippen molar-refractivity contribution in [2.24, 2.45) is 7.05 Å². The van der Waals surface area contributed by atoms with Crippen LogP contribution in [0.1, 0.15) is 35.7 Å². The van der Waals surface area contributed by atoms with Crippen LogP contribution in [0.4, 0.5) is 0 Å². The topological polar surface area (TPSA) is 21.1 Å². The molecule has 1 fully saturated rings. The van der Waals surface area contributed by atoms with E-state index in [1.54, 1.807) is 0 Å². The number of likely N-dealkylation sites (tertiary alicyclic amines) is 1. The summed E-state index contributed by atoms with van der Waals surface area (Å²) in [4.78, 5) is 2.56. The summed E-state index contributed by atoms with van der Waals surface area (Å²) in [5.41, 5.74) is 3.92. The Bertz CT molecular complexity index is 539. The molecule has 3 nitrogen and oxygen atoms in total. The van der Waals surface area contributed by atoms with Gasteiger partial charge >= 0.3 is 0 Å². The van der Waals surface area contributed by atoms with E-state index in [0.29, 0.717) is 5.92 Å². The molecule has 0 radical (unpaired) electrons. The number of hydrogen-bond acceptors (Lipinski definition) is 2. The van der Waals surface area contributed by atoms with Crippen LogP contribution in [0.2, 0.25) is 0 Å². The lowest BCUT2D eigenvalue weighted by atomic mass is 9.94. The quantitative estimate of drug-likeness (QED) is 0.853. The molecule has 3 rings (SSSR count). The van der Waals surface area contributed by atoms with Crippen LogP contribution in [0.5, 0.6) is 0 Å². The Morgan fingerprint density at radius 2 is 2.05 bits per heavy atom. The van der Waals surface area contributed by atoms with E-state index in [0.717, 1.165) is 13.1 Å². The van der Waals surface area contributed by atoms with Crippen molar-refractivity contribution in [3.8, 4) is 0 Å². The van der Waals surface area contributed by atoms with Crippen LogP contribution in [-0.4, -0.2) is 27.8 Å². The first-order valence-corrected chi connectivity index (χ1v) is 7.49. The fourth-order valence-corrected chi connectivity index (χ4v) is 3.07. The van der Waals surface area contributed by atoms with Gasteiger partial charge in [0.15, 0.2) is 0 Å². The van der Waals surface area contributed by atoms with Gasteiger partial charge in [-0.25, -0.2) is 0 Å². The molecule has 0 amide bonds. The van der Waals surface area contributed by atoms with Crippen LogP contribution in [0.15, 0.2) is 36.4 Å². The van der Waals surface area contributed by atoms with Gasteiger partial charge in [-0.2, -0.15) is 5.10 Å². The first-order chi connectivity index (χ1) is 9.72. The van der Waals surface area contributed by atoms with Gasteiger partial charge in [-0.15, -0.1) is 0 Å². The van der Waals surface area contributed by atoms with Gasteiger partial charge in [0, 0.05) is 31.7 Å². The molecule has 106 valence electrons. The first kappa shape index (κ1) is 13.4. The molecule has 1 unspecified atom stereocenters. The summed E-state index contributed by atoms with van der Waals surface area (Å²) in [5.74, 6) is 0.590. The molecule has 2 heterocycles. The molecule has 2 aromatic rings. The molecule has 0 N–H and O–H groups in total. The van der Waals surface area contributed by atoms with Gasteiger partial charge in [0.25, 0.3) is 0 Å². The minimum Gasteiger partial charge on any atom is -0.298 e. The van der Waals surface area contributed by atoms with E-state index in [1.807, 2.05) is 11.7 Å². The number of nitrogens with zero attached hydrogens (tertiary/aromatic N) is 3. The van der Waals surface area contributed by atoms with E-state index in [2.05, 4.69) is 53.3 Å². The van der Waals surface area contributed by atoms with E-state index in [4.69, 9.17) is 0 Å². The lowest BCUT2D eigenvalue weighted by molar-refractivity contribution is 0.198. The number of benzene rings is 1. The molecular weight excluding hydrogens is 246 g/mol. The van der Waals surface area contributed by atoms with E-state index in [9.17, 15) is 0 Å². The molecular formula is C17H23N3. The Morgan fingerprint density at radius 3 is 2.75 bits per heavy atom. The standard InChI is InChI=1S/C17H23N3/c1-14-11-17(18-19(14)2)16-9-6-10-20(13-16)12-15-7-4-3-5-8-15/h3-5,7-8,11,16H,6,9-10,12-13H2,1-2H3. The Kier molecular flexibility index (Phi) is 3.88. The number of aryl methyl sites for hydroxylation is 2. The fraction of sp³-hybridized carbons (Fsp3) is 0.471. The lowest BCUT2D eigenvalue weighted by Gasteiger charge is -2.32. The largest absolute Gasteiger partial charge is 0.298 e. The monoisotopic (exact) mass is 269 g/mol. The molecule has 0 aliphatic carbocycles. The predicted molar refractivity (Wildman–Crippen MR) is 81.6 cm³/mol. The molecule has 1 saturated heterocycles. The van der Waals surface area contributed by atoms with E-state index in [-0.39, 0.29) is 0 Å². The zero-order chi connectivity index (χ0) is 13.9. The van der Waals surface area contributed by atoms with Crippen molar-refractivity contribution in [3.63, 3.8) is 0 Å². The van der Waals surface area contributed by atoms with Gasteiger partial charge < -0.3 is 0 Å². The van der Waals surface area contributed by atoms with Crippen molar-refractivity contribution in [2.75, 3.05) is 13.1 Å². The summed E-state index contributed by atoms with van der Waals surface area (Å²) in [7, 11) is 2.03. The molecule has 1 atom stereocenters. The average Bonchev–Trinajstić information content (AvgIpc) is 2.80. The van der Waals surface area contributed by atoms with Gasteiger partial charge in [-0.3, -0.25) is 9.58 Å². The number of rotatable bonds is 3. The highest BCUT2D eigenvalue weighted by molar-refractivity contribution is 5.16. The van der Waals surface area contributed by atoms with Gasteiger partial charge in [0.2, 0.25) is 0 Å². The van der Waals surface area contributed by atoms with E-state index < -0.39 is 0 Å². The molecule has 1 aliphatic heterocycles. The predicted octanol–water partition coefficient (Wildman–Crippen LogP) is 3.11. The van der Waals surface area contributed by atoms with Gasteiger partial charge in [0.05, 0.1) is 5.69 Å². The zero-order valence-corrected chi connectivity index (χ0v) is 12.4. The third kappa shape index (κ3) is 2.93. The third-order valence-corrected chi connectivity index (χ3v) is 4.31. The van der Waals surface area contributed by atoms with Crippen molar-refractivity contribution in [2.45, 2.75) is 32.2 Å². The van der Waals surface area contributed by atoms with Crippen LogP contribution in [0.25, 0.3) is 0 Å². The average molecular weight is 269 g/mol. The fourth-order valence-electron chi connectivity index (χ4n) is 3.07. The highest BCUT2D eigenvalue weighted by atomic mass is 15.3. The summed E-state index contributed by atoms with van der Waals surface area (Å²) in [6, 6.07) is 13.0. The highest BCUT2D eigenvalue weighted by Crippen LogP contribution is 2.27. The number of hydrogen-bond donors (Lipinski definition) is 0. The second-order valence-electron chi connectivity index (χ2n) is 5.89. The molecule has 0 spiro atoms. The molecule has 0 saturated carbocycles. The van der Waals surface area contributed by atoms with Gasteiger partial charge in [0.1, 0.15) is 0 Å². The Balaban J connectivity index is 1.67. The first-order valence-electron chi connectivity index (χ1n) is 7.49. The lowest BCUT2D eigenvalue weighted by Crippen LogP contribution is -2.34. The van der Waals surface area contributed by atoms with E-state index in [1.165, 1.54) is 36.3 Å². The summed E-state index contributed by atoms with van der Waals surface area (Å²) in [5, 5.41) is 4.67. The Labute approximate surface area is 121 Å². The second kappa shape index (κ2) is 5.80. The minimum atomic E-state index is 0.590. The van der Waals surface area contributed by atoms with E-state index >= 15 is 0 Å². The van der Waals surface area contributed by atoms with Crippen molar-refractivity contribution in [1.82, 2.24) is 14.7 Å². The second-order valence-corrected chi connectivity index (χ2v) is 5.89. The maximum absolute atomic E-state index is 4.67. The maximum atomic E-state index is 4.67. The molecule has 1 aliphatic rings. The van der Waals surface area contributed by atoms with Crippen molar-refractivity contribution >= 4 is 0 Å². The van der Waals surface area contributed by atoms with Gasteiger partial charge in [-0.1, -0.05) is 30.3 Å². The SMILES string of the molecule is Cc1cc(C2CCCN(Cc3ccccc3)C2)nn1C. The van der Waals surface area contributed by atoms with Gasteiger partial charge in [-0.05, 0) is 37.9 Å². The Hall–Kier alpha value is -1.61. The van der Waals surface area contributed by atoms with Crippen molar-refractivity contribution in [3.05, 3.63) is 53.3 Å².